The second kappa shape index (κ2) is 7.80. The standard InChI is InChI=1S/C24H23N3O3/c28-24(29)26-19-7-9-27(10-8-19)15-16-5-6-18-13-25-14-21(20(18)11-16)23-12-17-3-1-2-4-22(17)30-23/h1-6,11-14,19,26H,7-10,15H2,(H,28,29). The fourth-order valence-corrected chi connectivity index (χ4v) is 4.29. The van der Waals surface area contributed by atoms with E-state index in [4.69, 9.17) is 9.52 Å². The molecule has 1 aliphatic rings. The fraction of sp³-hybridized carbons (Fsp3) is 0.250. The number of furan rings is 1. The molecule has 4 aromatic rings. The molecule has 2 aromatic carbocycles. The zero-order valence-corrected chi connectivity index (χ0v) is 16.5. The van der Waals surface area contributed by atoms with Gasteiger partial charge in [-0.1, -0.05) is 30.3 Å². The lowest BCUT2D eigenvalue weighted by molar-refractivity contribution is 0.165. The van der Waals surface area contributed by atoms with Crippen LogP contribution in [0.2, 0.25) is 0 Å². The van der Waals surface area contributed by atoms with E-state index in [-0.39, 0.29) is 6.04 Å². The fourth-order valence-electron chi connectivity index (χ4n) is 4.29. The van der Waals surface area contributed by atoms with E-state index in [0.717, 1.165) is 65.5 Å². The Morgan fingerprint density at radius 1 is 1.10 bits per heavy atom. The van der Waals surface area contributed by atoms with Gasteiger partial charge in [-0.2, -0.15) is 0 Å². The van der Waals surface area contributed by atoms with Crippen LogP contribution in [0.4, 0.5) is 4.79 Å². The van der Waals surface area contributed by atoms with Gasteiger partial charge in [0.25, 0.3) is 0 Å². The molecule has 2 N–H and O–H groups in total. The van der Waals surface area contributed by atoms with Crippen molar-refractivity contribution in [2.75, 3.05) is 13.1 Å². The molecule has 0 spiro atoms. The molecule has 6 nitrogen and oxygen atoms in total. The molecule has 152 valence electrons. The molecule has 0 radical (unpaired) electrons. The summed E-state index contributed by atoms with van der Waals surface area (Å²) in [4.78, 5) is 17.6. The molecule has 0 bridgehead atoms. The Morgan fingerprint density at radius 3 is 2.73 bits per heavy atom. The highest BCUT2D eigenvalue weighted by Gasteiger charge is 2.20. The SMILES string of the molecule is O=C(O)NC1CCN(Cc2ccc3cncc(-c4cc5ccccc5o4)c3c2)CC1. The number of nitrogens with one attached hydrogen (secondary N) is 1. The molecule has 2 aromatic heterocycles. The minimum atomic E-state index is -0.935. The molecule has 3 heterocycles. The first-order valence-corrected chi connectivity index (χ1v) is 10.2. The summed E-state index contributed by atoms with van der Waals surface area (Å²) in [6.45, 7) is 2.61. The van der Waals surface area contributed by atoms with Crippen molar-refractivity contribution >= 4 is 27.8 Å². The highest BCUT2D eigenvalue weighted by atomic mass is 16.4. The van der Waals surface area contributed by atoms with E-state index in [0.29, 0.717) is 0 Å². The maximum absolute atomic E-state index is 10.8. The Labute approximate surface area is 174 Å². The van der Waals surface area contributed by atoms with Crippen LogP contribution in [0.1, 0.15) is 18.4 Å². The van der Waals surface area contributed by atoms with Crippen LogP contribution in [0.25, 0.3) is 33.1 Å². The number of likely N-dealkylation sites (tertiary alicyclic amines) is 1. The van der Waals surface area contributed by atoms with Crippen LogP contribution in [0.3, 0.4) is 0 Å². The minimum Gasteiger partial charge on any atom is -0.465 e. The Morgan fingerprint density at radius 2 is 1.93 bits per heavy atom. The molecule has 0 unspecified atom stereocenters. The van der Waals surface area contributed by atoms with Crippen LogP contribution in [-0.2, 0) is 6.54 Å². The van der Waals surface area contributed by atoms with E-state index in [1.165, 1.54) is 5.56 Å². The third-order valence-electron chi connectivity index (χ3n) is 5.84. The summed E-state index contributed by atoms with van der Waals surface area (Å²) in [6.07, 6.45) is 4.50. The Kier molecular flexibility index (Phi) is 4.85. The van der Waals surface area contributed by atoms with Gasteiger partial charge >= 0.3 is 6.09 Å². The van der Waals surface area contributed by atoms with Gasteiger partial charge in [-0.05, 0) is 42.0 Å². The number of hydrogen-bond donors (Lipinski definition) is 2. The van der Waals surface area contributed by atoms with Crippen LogP contribution in [0.5, 0.6) is 0 Å². The molecule has 0 aliphatic carbocycles. The lowest BCUT2D eigenvalue weighted by Crippen LogP contribution is -2.43. The lowest BCUT2D eigenvalue weighted by atomic mass is 10.0. The number of carbonyl (C=O) groups is 1. The van der Waals surface area contributed by atoms with Crippen LogP contribution >= 0.6 is 0 Å². The molecule has 0 saturated carbocycles. The van der Waals surface area contributed by atoms with Crippen molar-refractivity contribution in [1.29, 1.82) is 0 Å². The predicted molar refractivity (Wildman–Crippen MR) is 116 cm³/mol. The van der Waals surface area contributed by atoms with Gasteiger partial charge in [0.15, 0.2) is 0 Å². The first-order valence-electron chi connectivity index (χ1n) is 10.2. The summed E-state index contributed by atoms with van der Waals surface area (Å²) in [6, 6.07) is 16.6. The number of aromatic nitrogens is 1. The van der Waals surface area contributed by atoms with Gasteiger partial charge < -0.3 is 14.8 Å². The zero-order valence-electron chi connectivity index (χ0n) is 16.5. The average molecular weight is 401 g/mol. The number of benzene rings is 2. The molecule has 30 heavy (non-hydrogen) atoms. The van der Waals surface area contributed by atoms with Gasteiger partial charge in [0.05, 0.1) is 0 Å². The van der Waals surface area contributed by atoms with E-state index in [1.807, 2.05) is 30.6 Å². The topological polar surface area (TPSA) is 78.6 Å². The maximum atomic E-state index is 10.8. The van der Waals surface area contributed by atoms with E-state index in [2.05, 4.69) is 45.5 Å². The van der Waals surface area contributed by atoms with Crippen molar-refractivity contribution in [3.63, 3.8) is 0 Å². The molecule has 6 heteroatoms. The van der Waals surface area contributed by atoms with Crippen LogP contribution in [-0.4, -0.2) is 40.2 Å². The van der Waals surface area contributed by atoms with Crippen molar-refractivity contribution in [1.82, 2.24) is 15.2 Å². The number of nitrogens with zero attached hydrogens (tertiary/aromatic N) is 2. The Hall–Kier alpha value is -3.38. The second-order valence-electron chi connectivity index (χ2n) is 7.89. The molecule has 5 rings (SSSR count). The van der Waals surface area contributed by atoms with E-state index < -0.39 is 6.09 Å². The van der Waals surface area contributed by atoms with Crippen molar-refractivity contribution < 1.29 is 14.3 Å². The van der Waals surface area contributed by atoms with Gasteiger partial charge in [0.2, 0.25) is 0 Å². The summed E-state index contributed by atoms with van der Waals surface area (Å²) >= 11 is 0. The Balaban J connectivity index is 1.40. The molecule has 1 fully saturated rings. The molecule has 1 saturated heterocycles. The van der Waals surface area contributed by atoms with Gasteiger partial charge in [-0.15, -0.1) is 0 Å². The van der Waals surface area contributed by atoms with Crippen LogP contribution in [0, 0.1) is 0 Å². The van der Waals surface area contributed by atoms with E-state index in [1.54, 1.807) is 0 Å². The smallest absolute Gasteiger partial charge is 0.404 e. The van der Waals surface area contributed by atoms with Crippen LogP contribution < -0.4 is 5.32 Å². The number of hydrogen-bond acceptors (Lipinski definition) is 4. The predicted octanol–water partition coefficient (Wildman–Crippen LogP) is 4.88. The summed E-state index contributed by atoms with van der Waals surface area (Å²) in [5.74, 6) is 0.826. The molecule has 0 atom stereocenters. The third kappa shape index (κ3) is 3.74. The first kappa shape index (κ1) is 18.6. The monoisotopic (exact) mass is 401 g/mol. The first-order chi connectivity index (χ1) is 14.7. The zero-order chi connectivity index (χ0) is 20.5. The number of amides is 1. The van der Waals surface area contributed by atoms with Crippen LogP contribution in [0.15, 0.2) is 65.3 Å². The van der Waals surface area contributed by atoms with Gasteiger partial charge in [-0.25, -0.2) is 4.79 Å². The second-order valence-corrected chi connectivity index (χ2v) is 7.89. The molecule has 1 aliphatic heterocycles. The summed E-state index contributed by atoms with van der Waals surface area (Å²) in [5, 5.41) is 14.8. The number of pyridine rings is 1. The molecular formula is C24H23N3O3. The van der Waals surface area contributed by atoms with Gasteiger partial charge in [0, 0.05) is 54.4 Å². The van der Waals surface area contributed by atoms with Gasteiger partial charge in [0.1, 0.15) is 11.3 Å². The van der Waals surface area contributed by atoms with Crippen molar-refractivity contribution in [3.8, 4) is 11.3 Å². The number of fused-ring (bicyclic) bond motifs is 2. The van der Waals surface area contributed by atoms with Gasteiger partial charge in [-0.3, -0.25) is 9.88 Å². The molecule has 1 amide bonds. The quantitative estimate of drug-likeness (QED) is 0.510. The normalized spacial score (nSPS) is 15.6. The minimum absolute atomic E-state index is 0.0566. The summed E-state index contributed by atoms with van der Waals surface area (Å²) in [7, 11) is 0. The maximum Gasteiger partial charge on any atom is 0.404 e. The number of rotatable bonds is 4. The lowest BCUT2D eigenvalue weighted by Gasteiger charge is -2.31. The Bertz CT molecular complexity index is 1180. The number of para-hydroxylation sites is 1. The summed E-state index contributed by atoms with van der Waals surface area (Å²) in [5.41, 5.74) is 3.10. The average Bonchev–Trinajstić information content (AvgIpc) is 3.18. The molecular weight excluding hydrogens is 378 g/mol. The number of piperidine rings is 1. The van der Waals surface area contributed by atoms with Crippen molar-refractivity contribution in [3.05, 3.63) is 66.5 Å². The summed E-state index contributed by atoms with van der Waals surface area (Å²) < 4.78 is 6.09. The largest absolute Gasteiger partial charge is 0.465 e. The van der Waals surface area contributed by atoms with E-state index >= 15 is 0 Å². The van der Waals surface area contributed by atoms with Crippen molar-refractivity contribution in [2.24, 2.45) is 0 Å². The van der Waals surface area contributed by atoms with E-state index in [9.17, 15) is 4.79 Å². The highest BCUT2D eigenvalue weighted by molar-refractivity contribution is 5.97. The third-order valence-corrected chi connectivity index (χ3v) is 5.84. The number of carboxylic acid groups (broad SMARTS) is 1. The highest BCUT2D eigenvalue weighted by Crippen LogP contribution is 2.33. The van der Waals surface area contributed by atoms with Crippen molar-refractivity contribution in [2.45, 2.75) is 25.4 Å².